The Balaban J connectivity index is 1.10. The first kappa shape index (κ1) is 21.3. The van der Waals surface area contributed by atoms with Gasteiger partial charge in [-0.15, -0.1) is 0 Å². The standard InChI is InChI=1S/C25H34F3N3/c26-25(27,28)21-6-3-7-24(16-21)30-14-12-29(13-15-30)22-8-10-23(11-9-22)31-17-19-4-1-2-5-20(19)18-31/h3,6-7,16,22-23H,1-2,4-5,8-15,17-18H2. The van der Waals surface area contributed by atoms with Crippen LogP contribution in [-0.2, 0) is 6.18 Å². The fourth-order valence-electron chi connectivity index (χ4n) is 6.23. The Morgan fingerprint density at radius 1 is 0.742 bits per heavy atom. The number of benzene rings is 1. The fourth-order valence-corrected chi connectivity index (χ4v) is 6.23. The monoisotopic (exact) mass is 433 g/mol. The molecular formula is C25H34F3N3. The quantitative estimate of drug-likeness (QED) is 0.597. The molecule has 6 heteroatoms. The highest BCUT2D eigenvalue weighted by Crippen LogP contribution is 2.36. The molecule has 2 aliphatic heterocycles. The van der Waals surface area contributed by atoms with Crippen molar-refractivity contribution in [3.05, 3.63) is 41.0 Å². The average Bonchev–Trinajstić information content (AvgIpc) is 3.23. The van der Waals surface area contributed by atoms with Crippen molar-refractivity contribution < 1.29 is 13.2 Å². The molecule has 0 bridgehead atoms. The summed E-state index contributed by atoms with van der Waals surface area (Å²) in [6.07, 6.45) is 6.25. The molecule has 1 aromatic rings. The predicted molar refractivity (Wildman–Crippen MR) is 118 cm³/mol. The van der Waals surface area contributed by atoms with E-state index in [1.165, 1.54) is 76.6 Å². The Morgan fingerprint density at radius 2 is 1.32 bits per heavy atom. The Morgan fingerprint density at radius 3 is 1.90 bits per heavy atom. The highest BCUT2D eigenvalue weighted by atomic mass is 19.4. The van der Waals surface area contributed by atoms with Gasteiger partial charge in [-0.3, -0.25) is 9.80 Å². The summed E-state index contributed by atoms with van der Waals surface area (Å²) in [4.78, 5) is 7.45. The molecule has 0 N–H and O–H groups in total. The molecule has 0 aromatic heterocycles. The lowest BCUT2D eigenvalue weighted by atomic mass is 9.89. The van der Waals surface area contributed by atoms with Crippen LogP contribution in [0.15, 0.2) is 35.4 Å². The Hall–Kier alpha value is -1.53. The van der Waals surface area contributed by atoms with Gasteiger partial charge in [0.15, 0.2) is 0 Å². The highest BCUT2D eigenvalue weighted by molar-refractivity contribution is 5.49. The van der Waals surface area contributed by atoms with Crippen molar-refractivity contribution in [2.45, 2.75) is 69.6 Å². The summed E-state index contributed by atoms with van der Waals surface area (Å²) >= 11 is 0. The normalized spacial score (nSPS) is 28.8. The van der Waals surface area contributed by atoms with Crippen LogP contribution in [0.4, 0.5) is 18.9 Å². The number of piperazine rings is 1. The third kappa shape index (κ3) is 4.65. The minimum Gasteiger partial charge on any atom is -0.369 e. The van der Waals surface area contributed by atoms with E-state index in [4.69, 9.17) is 0 Å². The first-order valence-electron chi connectivity index (χ1n) is 12.1. The van der Waals surface area contributed by atoms with Gasteiger partial charge in [-0.2, -0.15) is 13.2 Å². The van der Waals surface area contributed by atoms with E-state index in [0.717, 1.165) is 38.3 Å². The molecule has 1 saturated carbocycles. The lowest BCUT2D eigenvalue weighted by molar-refractivity contribution is -0.137. The predicted octanol–water partition coefficient (Wildman–Crippen LogP) is 5.32. The third-order valence-electron chi connectivity index (χ3n) is 8.05. The van der Waals surface area contributed by atoms with Crippen molar-refractivity contribution in [3.8, 4) is 0 Å². The van der Waals surface area contributed by atoms with Crippen molar-refractivity contribution in [1.82, 2.24) is 9.80 Å². The maximum absolute atomic E-state index is 13.0. The van der Waals surface area contributed by atoms with E-state index in [-0.39, 0.29) is 0 Å². The molecule has 1 aromatic carbocycles. The third-order valence-corrected chi connectivity index (χ3v) is 8.05. The van der Waals surface area contributed by atoms with Crippen LogP contribution < -0.4 is 4.90 Å². The molecule has 170 valence electrons. The van der Waals surface area contributed by atoms with Gasteiger partial charge >= 0.3 is 6.18 Å². The molecule has 0 spiro atoms. The lowest BCUT2D eigenvalue weighted by Crippen LogP contribution is -2.52. The molecule has 2 heterocycles. The van der Waals surface area contributed by atoms with E-state index < -0.39 is 11.7 Å². The van der Waals surface area contributed by atoms with Gasteiger partial charge in [0.1, 0.15) is 0 Å². The van der Waals surface area contributed by atoms with E-state index in [9.17, 15) is 13.2 Å². The topological polar surface area (TPSA) is 9.72 Å². The van der Waals surface area contributed by atoms with Gasteiger partial charge in [0.25, 0.3) is 0 Å². The zero-order chi connectivity index (χ0) is 21.4. The summed E-state index contributed by atoms with van der Waals surface area (Å²) in [5.74, 6) is 0. The molecule has 4 aliphatic rings. The second-order valence-corrected chi connectivity index (χ2v) is 9.85. The molecule has 2 aliphatic carbocycles. The number of hydrogen-bond donors (Lipinski definition) is 0. The minimum atomic E-state index is -4.28. The van der Waals surface area contributed by atoms with Crippen LogP contribution in [0.3, 0.4) is 0 Å². The summed E-state index contributed by atoms with van der Waals surface area (Å²) in [6, 6.07) is 7.17. The summed E-state index contributed by atoms with van der Waals surface area (Å²) in [6.45, 7) is 5.96. The number of alkyl halides is 3. The van der Waals surface area contributed by atoms with Crippen LogP contribution in [0.5, 0.6) is 0 Å². The Labute approximate surface area is 183 Å². The van der Waals surface area contributed by atoms with Gasteiger partial charge in [0.2, 0.25) is 0 Å². The van der Waals surface area contributed by atoms with Crippen molar-refractivity contribution in [1.29, 1.82) is 0 Å². The molecule has 31 heavy (non-hydrogen) atoms. The van der Waals surface area contributed by atoms with E-state index >= 15 is 0 Å². The van der Waals surface area contributed by atoms with Crippen molar-refractivity contribution in [2.75, 3.05) is 44.2 Å². The van der Waals surface area contributed by atoms with Crippen LogP contribution in [0, 0.1) is 0 Å². The molecule has 2 fully saturated rings. The number of hydrogen-bond acceptors (Lipinski definition) is 3. The minimum absolute atomic E-state index is 0.552. The highest BCUT2D eigenvalue weighted by Gasteiger charge is 2.34. The van der Waals surface area contributed by atoms with Crippen LogP contribution in [0.25, 0.3) is 0 Å². The second kappa shape index (κ2) is 8.78. The van der Waals surface area contributed by atoms with Crippen LogP contribution in [-0.4, -0.2) is 61.2 Å². The lowest BCUT2D eigenvalue weighted by Gasteiger charge is -2.44. The zero-order valence-electron chi connectivity index (χ0n) is 18.3. The molecule has 0 radical (unpaired) electrons. The molecule has 1 saturated heterocycles. The van der Waals surface area contributed by atoms with Crippen LogP contribution >= 0.6 is 0 Å². The summed E-state index contributed by atoms with van der Waals surface area (Å²) in [5, 5.41) is 0. The van der Waals surface area contributed by atoms with Gasteiger partial charge in [-0.05, 0) is 69.6 Å². The van der Waals surface area contributed by atoms with Gasteiger partial charge < -0.3 is 4.90 Å². The molecule has 0 atom stereocenters. The van der Waals surface area contributed by atoms with Crippen LogP contribution in [0.1, 0.15) is 56.9 Å². The first-order chi connectivity index (χ1) is 15.0. The van der Waals surface area contributed by atoms with Gasteiger partial charge in [-0.25, -0.2) is 0 Å². The number of anilines is 1. The van der Waals surface area contributed by atoms with Gasteiger partial charge in [-0.1, -0.05) is 17.2 Å². The number of nitrogens with zero attached hydrogens (tertiary/aromatic N) is 3. The SMILES string of the molecule is FC(F)(F)c1cccc(N2CCN(C3CCC(N4CC5=C(CCCC5)C4)CC3)CC2)c1. The summed E-state index contributed by atoms with van der Waals surface area (Å²) in [5.41, 5.74) is 3.64. The Bertz CT molecular complexity index is 784. The van der Waals surface area contributed by atoms with Crippen LogP contribution in [0.2, 0.25) is 0 Å². The summed E-state index contributed by atoms with van der Waals surface area (Å²) < 4.78 is 39.1. The van der Waals surface area contributed by atoms with Crippen molar-refractivity contribution >= 4 is 5.69 Å². The summed E-state index contributed by atoms with van der Waals surface area (Å²) in [7, 11) is 0. The zero-order valence-corrected chi connectivity index (χ0v) is 18.3. The van der Waals surface area contributed by atoms with Crippen molar-refractivity contribution in [2.24, 2.45) is 0 Å². The van der Waals surface area contributed by atoms with Gasteiger partial charge in [0.05, 0.1) is 5.56 Å². The smallest absolute Gasteiger partial charge is 0.369 e. The van der Waals surface area contributed by atoms with Gasteiger partial charge in [0, 0.05) is 57.0 Å². The molecule has 0 unspecified atom stereocenters. The number of rotatable bonds is 3. The maximum atomic E-state index is 13.0. The fraction of sp³-hybridized carbons (Fsp3) is 0.680. The second-order valence-electron chi connectivity index (χ2n) is 9.85. The average molecular weight is 434 g/mol. The molecule has 0 amide bonds. The van der Waals surface area contributed by atoms with Crippen molar-refractivity contribution in [3.63, 3.8) is 0 Å². The number of halogens is 3. The van der Waals surface area contributed by atoms with E-state index in [0.29, 0.717) is 11.7 Å². The van der Waals surface area contributed by atoms with E-state index in [1.807, 2.05) is 0 Å². The van der Waals surface area contributed by atoms with E-state index in [2.05, 4.69) is 14.7 Å². The maximum Gasteiger partial charge on any atom is 0.416 e. The first-order valence-corrected chi connectivity index (χ1v) is 12.1. The Kier molecular flexibility index (Phi) is 6.04. The molecule has 5 rings (SSSR count). The van der Waals surface area contributed by atoms with E-state index in [1.54, 1.807) is 17.2 Å². The molecular weight excluding hydrogens is 399 g/mol. The molecule has 3 nitrogen and oxygen atoms in total. The largest absolute Gasteiger partial charge is 0.416 e.